The molecule has 0 aliphatic carbocycles. The molecule has 120 valence electrons. The van der Waals surface area contributed by atoms with E-state index in [1.54, 1.807) is 7.11 Å². The summed E-state index contributed by atoms with van der Waals surface area (Å²) in [5.74, 6) is 1.56. The van der Waals surface area contributed by atoms with Crippen LogP contribution in [0.3, 0.4) is 0 Å². The topological polar surface area (TPSA) is 30.5 Å². The van der Waals surface area contributed by atoms with Crippen LogP contribution in [0.15, 0.2) is 24.3 Å². The highest BCUT2D eigenvalue weighted by Crippen LogP contribution is 2.19. The van der Waals surface area contributed by atoms with Crippen molar-refractivity contribution in [3.05, 3.63) is 29.8 Å². The molecule has 0 saturated heterocycles. The van der Waals surface area contributed by atoms with E-state index in [-0.39, 0.29) is 6.04 Å². The molecule has 2 unspecified atom stereocenters. The molecule has 1 aromatic carbocycles. The Balaban J connectivity index is 2.61. The molecule has 0 radical (unpaired) electrons. The first-order valence-corrected chi connectivity index (χ1v) is 8.05. The molecule has 0 amide bonds. The number of hydrogen-bond donors (Lipinski definition) is 1. The van der Waals surface area contributed by atoms with E-state index in [0.29, 0.717) is 18.6 Å². The Labute approximate surface area is 130 Å². The lowest BCUT2D eigenvalue weighted by molar-refractivity contribution is 0.0370. The molecular weight excluding hydrogens is 262 g/mol. The molecule has 0 aliphatic heterocycles. The van der Waals surface area contributed by atoms with Gasteiger partial charge in [0.1, 0.15) is 5.75 Å². The highest BCUT2D eigenvalue weighted by atomic mass is 16.5. The molecule has 0 aliphatic rings. The maximum Gasteiger partial charge on any atom is 0.118 e. The molecule has 0 fully saturated rings. The Bertz CT molecular complexity index is 375. The zero-order valence-corrected chi connectivity index (χ0v) is 14.2. The molecule has 0 aromatic heterocycles. The zero-order chi connectivity index (χ0) is 15.7. The lowest BCUT2D eigenvalue weighted by atomic mass is 10.1. The average molecular weight is 293 g/mol. The van der Waals surface area contributed by atoms with E-state index >= 15 is 0 Å². The number of ether oxygens (including phenoxy) is 2. The Morgan fingerprint density at radius 1 is 1.10 bits per heavy atom. The van der Waals surface area contributed by atoms with Crippen LogP contribution in [-0.2, 0) is 4.74 Å². The van der Waals surface area contributed by atoms with Crippen LogP contribution in [0.4, 0.5) is 0 Å². The Hall–Kier alpha value is -1.06. The molecule has 1 rings (SSSR count). The van der Waals surface area contributed by atoms with E-state index in [1.165, 1.54) is 5.56 Å². The van der Waals surface area contributed by atoms with Crippen molar-refractivity contribution in [3.8, 4) is 5.75 Å². The molecule has 2 atom stereocenters. The first-order chi connectivity index (χ1) is 10.1. The van der Waals surface area contributed by atoms with Gasteiger partial charge in [-0.2, -0.15) is 0 Å². The van der Waals surface area contributed by atoms with Crippen molar-refractivity contribution < 1.29 is 9.47 Å². The minimum absolute atomic E-state index is 0.241. The Kier molecular flexibility index (Phi) is 8.40. The predicted molar refractivity (Wildman–Crippen MR) is 88.9 cm³/mol. The summed E-state index contributed by atoms with van der Waals surface area (Å²) in [6.07, 6.45) is 2.52. The molecule has 21 heavy (non-hydrogen) atoms. The second kappa shape index (κ2) is 9.80. The summed E-state index contributed by atoms with van der Waals surface area (Å²) in [5, 5.41) is 3.57. The van der Waals surface area contributed by atoms with Gasteiger partial charge in [0.15, 0.2) is 0 Å². The summed E-state index contributed by atoms with van der Waals surface area (Å²) in [5.41, 5.74) is 1.25. The summed E-state index contributed by atoms with van der Waals surface area (Å²) in [6.45, 7) is 10.5. The maximum absolute atomic E-state index is 6.03. The standard InChI is InChI=1S/C18H31NO2/c1-6-11-19-18(13-21-15(4)12-14(2)3)16-7-9-17(20-5)10-8-16/h7-10,14-15,18-19H,6,11-13H2,1-5H3. The van der Waals surface area contributed by atoms with Gasteiger partial charge in [0.25, 0.3) is 0 Å². The third kappa shape index (κ3) is 6.96. The van der Waals surface area contributed by atoms with Crippen molar-refractivity contribution in [2.24, 2.45) is 5.92 Å². The minimum atomic E-state index is 0.241. The monoisotopic (exact) mass is 293 g/mol. The van der Waals surface area contributed by atoms with E-state index in [9.17, 15) is 0 Å². The fraction of sp³-hybridized carbons (Fsp3) is 0.667. The molecule has 0 heterocycles. The van der Waals surface area contributed by atoms with Crippen LogP contribution in [-0.4, -0.2) is 26.4 Å². The van der Waals surface area contributed by atoms with Crippen LogP contribution in [0.1, 0.15) is 52.1 Å². The summed E-state index contributed by atoms with van der Waals surface area (Å²) in [7, 11) is 1.69. The van der Waals surface area contributed by atoms with E-state index in [2.05, 4.69) is 45.1 Å². The normalized spacial score (nSPS) is 14.2. The van der Waals surface area contributed by atoms with Gasteiger partial charge in [-0.15, -0.1) is 0 Å². The third-order valence-corrected chi connectivity index (χ3v) is 3.51. The summed E-state index contributed by atoms with van der Waals surface area (Å²) < 4.78 is 11.2. The van der Waals surface area contributed by atoms with Crippen molar-refractivity contribution in [1.82, 2.24) is 5.32 Å². The number of benzene rings is 1. The van der Waals surface area contributed by atoms with Gasteiger partial charge in [-0.1, -0.05) is 32.9 Å². The smallest absolute Gasteiger partial charge is 0.118 e. The first kappa shape index (κ1) is 18.0. The fourth-order valence-corrected chi connectivity index (χ4v) is 2.42. The molecule has 3 heteroatoms. The van der Waals surface area contributed by atoms with Gasteiger partial charge >= 0.3 is 0 Å². The highest BCUT2D eigenvalue weighted by Gasteiger charge is 2.13. The zero-order valence-electron chi connectivity index (χ0n) is 14.2. The van der Waals surface area contributed by atoms with Crippen molar-refractivity contribution in [2.75, 3.05) is 20.3 Å². The van der Waals surface area contributed by atoms with Gasteiger partial charge in [-0.3, -0.25) is 0 Å². The van der Waals surface area contributed by atoms with Crippen LogP contribution in [0.2, 0.25) is 0 Å². The quantitative estimate of drug-likeness (QED) is 0.702. The van der Waals surface area contributed by atoms with Crippen molar-refractivity contribution in [2.45, 2.75) is 52.7 Å². The number of nitrogens with one attached hydrogen (secondary N) is 1. The fourth-order valence-electron chi connectivity index (χ4n) is 2.42. The lowest BCUT2D eigenvalue weighted by Gasteiger charge is -2.22. The maximum atomic E-state index is 6.03. The van der Waals surface area contributed by atoms with Crippen molar-refractivity contribution in [1.29, 1.82) is 0 Å². The summed E-state index contributed by atoms with van der Waals surface area (Å²) >= 11 is 0. The molecule has 1 aromatic rings. The number of methoxy groups -OCH3 is 1. The number of rotatable bonds is 10. The molecule has 0 spiro atoms. The van der Waals surface area contributed by atoms with Crippen LogP contribution in [0.5, 0.6) is 5.75 Å². The van der Waals surface area contributed by atoms with Crippen molar-refractivity contribution in [3.63, 3.8) is 0 Å². The molecule has 0 bridgehead atoms. The number of hydrogen-bond acceptors (Lipinski definition) is 3. The third-order valence-electron chi connectivity index (χ3n) is 3.51. The van der Waals surface area contributed by atoms with Crippen LogP contribution < -0.4 is 10.1 Å². The minimum Gasteiger partial charge on any atom is -0.497 e. The Morgan fingerprint density at radius 2 is 1.76 bits per heavy atom. The van der Waals surface area contributed by atoms with Gasteiger partial charge in [0, 0.05) is 0 Å². The molecular formula is C18H31NO2. The summed E-state index contributed by atoms with van der Waals surface area (Å²) in [4.78, 5) is 0. The van der Waals surface area contributed by atoms with Gasteiger partial charge in [0.05, 0.1) is 25.9 Å². The lowest BCUT2D eigenvalue weighted by Crippen LogP contribution is -2.28. The highest BCUT2D eigenvalue weighted by molar-refractivity contribution is 5.29. The van der Waals surface area contributed by atoms with Gasteiger partial charge in [-0.05, 0) is 49.9 Å². The van der Waals surface area contributed by atoms with E-state index in [4.69, 9.17) is 9.47 Å². The van der Waals surface area contributed by atoms with Crippen LogP contribution in [0, 0.1) is 5.92 Å². The van der Waals surface area contributed by atoms with E-state index in [0.717, 1.165) is 25.1 Å². The predicted octanol–water partition coefficient (Wildman–Crippen LogP) is 4.19. The molecule has 1 N–H and O–H groups in total. The second-order valence-electron chi connectivity index (χ2n) is 6.05. The molecule has 0 saturated carbocycles. The summed E-state index contributed by atoms with van der Waals surface area (Å²) in [6, 6.07) is 8.48. The first-order valence-electron chi connectivity index (χ1n) is 8.05. The van der Waals surface area contributed by atoms with Crippen LogP contribution >= 0.6 is 0 Å². The second-order valence-corrected chi connectivity index (χ2v) is 6.05. The van der Waals surface area contributed by atoms with Gasteiger partial charge in [0.2, 0.25) is 0 Å². The SMILES string of the molecule is CCCNC(COC(C)CC(C)C)c1ccc(OC)cc1. The average Bonchev–Trinajstić information content (AvgIpc) is 2.47. The Morgan fingerprint density at radius 3 is 2.29 bits per heavy atom. The van der Waals surface area contributed by atoms with Gasteiger partial charge in [-0.25, -0.2) is 0 Å². The van der Waals surface area contributed by atoms with Gasteiger partial charge < -0.3 is 14.8 Å². The van der Waals surface area contributed by atoms with E-state index in [1.807, 2.05) is 12.1 Å². The van der Waals surface area contributed by atoms with Crippen molar-refractivity contribution >= 4 is 0 Å². The van der Waals surface area contributed by atoms with Crippen LogP contribution in [0.25, 0.3) is 0 Å². The largest absolute Gasteiger partial charge is 0.497 e. The molecule has 3 nitrogen and oxygen atoms in total. The van der Waals surface area contributed by atoms with E-state index < -0.39 is 0 Å².